The van der Waals surface area contributed by atoms with Crippen LogP contribution in [-0.2, 0) is 21.6 Å². The molecule has 26 heavy (non-hydrogen) atoms. The van der Waals surface area contributed by atoms with Gasteiger partial charge in [0.2, 0.25) is 0 Å². The number of rotatable bonds is 3. The maximum Gasteiger partial charge on any atom is 0.328 e. The Labute approximate surface area is 147 Å². The van der Waals surface area contributed by atoms with Crippen LogP contribution in [0.4, 0.5) is 4.39 Å². The van der Waals surface area contributed by atoms with Gasteiger partial charge in [-0.1, -0.05) is 30.3 Å². The zero-order chi connectivity index (χ0) is 18.1. The first-order chi connectivity index (χ1) is 12.6. The van der Waals surface area contributed by atoms with Crippen LogP contribution in [-0.4, -0.2) is 29.4 Å². The molecule has 4 rings (SSSR count). The molecule has 2 heterocycles. The second kappa shape index (κ2) is 6.51. The van der Waals surface area contributed by atoms with Crippen LogP contribution in [0.1, 0.15) is 5.56 Å². The van der Waals surface area contributed by atoms with Gasteiger partial charge in [0.05, 0.1) is 37.3 Å². The van der Waals surface area contributed by atoms with Crippen molar-refractivity contribution >= 4 is 10.9 Å². The highest BCUT2D eigenvalue weighted by atomic mass is 19.1. The summed E-state index contributed by atoms with van der Waals surface area (Å²) in [6, 6.07) is 13.0. The number of benzene rings is 2. The fourth-order valence-electron chi connectivity index (χ4n) is 3.29. The molecule has 1 aliphatic rings. The summed E-state index contributed by atoms with van der Waals surface area (Å²) in [5.41, 5.74) is -0.985. The first kappa shape index (κ1) is 16.7. The number of nitrogens with zero attached hydrogens (tertiary/aromatic N) is 1. The Morgan fingerprint density at radius 2 is 1.92 bits per heavy atom. The van der Waals surface area contributed by atoms with E-state index >= 15 is 0 Å². The third-order valence-corrected chi connectivity index (χ3v) is 4.60. The van der Waals surface area contributed by atoms with E-state index < -0.39 is 22.7 Å². The van der Waals surface area contributed by atoms with E-state index in [4.69, 9.17) is 9.47 Å². The van der Waals surface area contributed by atoms with E-state index in [0.717, 1.165) is 16.2 Å². The van der Waals surface area contributed by atoms with E-state index in [1.807, 2.05) is 30.3 Å². The molecular weight excluding hydrogens is 339 g/mol. The van der Waals surface area contributed by atoms with Crippen molar-refractivity contribution in [2.45, 2.75) is 12.1 Å². The number of fused-ring (bicyclic) bond motifs is 1. The molecule has 1 fully saturated rings. The van der Waals surface area contributed by atoms with E-state index in [0.29, 0.717) is 18.7 Å². The summed E-state index contributed by atoms with van der Waals surface area (Å²) in [6.07, 6.45) is 0. The normalized spacial score (nSPS) is 20.3. The third-order valence-electron chi connectivity index (χ3n) is 4.60. The highest BCUT2D eigenvalue weighted by Crippen LogP contribution is 2.30. The van der Waals surface area contributed by atoms with Gasteiger partial charge in [-0.3, -0.25) is 9.36 Å². The summed E-state index contributed by atoms with van der Waals surface area (Å²) >= 11 is 0. The van der Waals surface area contributed by atoms with Crippen LogP contribution in [0, 0.1) is 5.82 Å². The molecular formula is C19H17FN2O4. The second-order valence-electron chi connectivity index (χ2n) is 6.27. The predicted molar refractivity (Wildman–Crippen MR) is 93.7 cm³/mol. The molecule has 3 aromatic rings. The molecule has 0 radical (unpaired) electrons. The molecule has 2 aromatic carbocycles. The average molecular weight is 356 g/mol. The Morgan fingerprint density at radius 1 is 1.12 bits per heavy atom. The lowest BCUT2D eigenvalue weighted by Crippen LogP contribution is -2.49. The zero-order valence-electron chi connectivity index (χ0n) is 13.9. The van der Waals surface area contributed by atoms with Crippen LogP contribution in [0.15, 0.2) is 58.1 Å². The zero-order valence-corrected chi connectivity index (χ0v) is 13.9. The van der Waals surface area contributed by atoms with Gasteiger partial charge in [-0.05, 0) is 23.8 Å². The minimum atomic E-state index is -0.961. The second-order valence-corrected chi connectivity index (χ2v) is 6.27. The van der Waals surface area contributed by atoms with E-state index in [2.05, 4.69) is 4.98 Å². The molecule has 0 saturated carbocycles. The minimum absolute atomic E-state index is 0.0301. The van der Waals surface area contributed by atoms with Crippen LogP contribution >= 0.6 is 0 Å². The number of nitrogens with one attached hydrogen (secondary N) is 1. The van der Waals surface area contributed by atoms with Gasteiger partial charge in [-0.2, -0.15) is 0 Å². The molecule has 134 valence electrons. The smallest absolute Gasteiger partial charge is 0.328 e. The quantitative estimate of drug-likeness (QED) is 0.776. The van der Waals surface area contributed by atoms with Crippen LogP contribution < -0.4 is 11.2 Å². The summed E-state index contributed by atoms with van der Waals surface area (Å²) in [5.74, 6) is -0.539. The SMILES string of the molecule is O=c1[nH]c2ccc(F)cc2c(=O)n1CC1(c2ccccc2)COCCO1. The van der Waals surface area contributed by atoms with Crippen LogP contribution in [0.5, 0.6) is 0 Å². The first-order valence-electron chi connectivity index (χ1n) is 8.29. The molecule has 1 saturated heterocycles. The van der Waals surface area contributed by atoms with Crippen molar-refractivity contribution in [3.8, 4) is 0 Å². The lowest BCUT2D eigenvalue weighted by molar-refractivity contribution is -0.170. The number of aromatic amines is 1. The molecule has 0 spiro atoms. The van der Waals surface area contributed by atoms with Gasteiger partial charge in [0, 0.05) is 0 Å². The summed E-state index contributed by atoms with van der Waals surface area (Å²) < 4.78 is 26.2. The topological polar surface area (TPSA) is 73.3 Å². The Morgan fingerprint density at radius 3 is 2.65 bits per heavy atom. The standard InChI is InChI=1S/C19H17FN2O4/c20-14-6-7-16-15(10-14)17(23)22(18(24)21-16)11-19(12-25-8-9-26-19)13-4-2-1-3-5-13/h1-7,10H,8-9,11-12H2,(H,21,24). The highest BCUT2D eigenvalue weighted by molar-refractivity contribution is 5.77. The molecule has 6 nitrogen and oxygen atoms in total. The van der Waals surface area contributed by atoms with Crippen molar-refractivity contribution in [1.82, 2.24) is 9.55 Å². The molecule has 1 atom stereocenters. The van der Waals surface area contributed by atoms with Gasteiger partial charge in [0.25, 0.3) is 5.56 Å². The van der Waals surface area contributed by atoms with E-state index in [1.165, 1.54) is 12.1 Å². The average Bonchev–Trinajstić information content (AvgIpc) is 2.67. The fourth-order valence-corrected chi connectivity index (χ4v) is 3.29. The minimum Gasteiger partial charge on any atom is -0.376 e. The third kappa shape index (κ3) is 2.85. The number of H-pyrrole nitrogens is 1. The number of hydrogen-bond donors (Lipinski definition) is 1. The van der Waals surface area contributed by atoms with Gasteiger partial charge in [-0.25, -0.2) is 9.18 Å². The largest absolute Gasteiger partial charge is 0.376 e. The van der Waals surface area contributed by atoms with Crippen molar-refractivity contribution in [3.05, 3.63) is 80.7 Å². The molecule has 7 heteroatoms. The van der Waals surface area contributed by atoms with E-state index in [9.17, 15) is 14.0 Å². The van der Waals surface area contributed by atoms with Crippen LogP contribution in [0.2, 0.25) is 0 Å². The molecule has 0 aliphatic carbocycles. The number of aromatic nitrogens is 2. The molecule has 0 bridgehead atoms. The van der Waals surface area contributed by atoms with E-state index in [1.54, 1.807) is 0 Å². The van der Waals surface area contributed by atoms with Gasteiger partial charge >= 0.3 is 5.69 Å². The lowest BCUT2D eigenvalue weighted by atomic mass is 9.93. The summed E-state index contributed by atoms with van der Waals surface area (Å²) in [7, 11) is 0. The lowest BCUT2D eigenvalue weighted by Gasteiger charge is -2.37. The van der Waals surface area contributed by atoms with Crippen molar-refractivity contribution in [2.75, 3.05) is 19.8 Å². The van der Waals surface area contributed by atoms with Gasteiger partial charge in [-0.15, -0.1) is 0 Å². The predicted octanol–water partition coefficient (Wildman–Crippen LogP) is 1.77. The Hall–Kier alpha value is -2.77. The number of halogens is 1. The number of ether oxygens (including phenoxy) is 2. The summed E-state index contributed by atoms with van der Waals surface area (Å²) in [5, 5.41) is 0.115. The Balaban J connectivity index is 1.86. The molecule has 1 aromatic heterocycles. The molecule has 1 aliphatic heterocycles. The van der Waals surface area contributed by atoms with E-state index in [-0.39, 0.29) is 18.5 Å². The van der Waals surface area contributed by atoms with Crippen molar-refractivity contribution in [3.63, 3.8) is 0 Å². The van der Waals surface area contributed by atoms with Gasteiger partial charge in [0.1, 0.15) is 11.4 Å². The van der Waals surface area contributed by atoms with Gasteiger partial charge < -0.3 is 14.5 Å². The maximum absolute atomic E-state index is 13.6. The van der Waals surface area contributed by atoms with Crippen molar-refractivity contribution in [2.24, 2.45) is 0 Å². The molecule has 1 unspecified atom stereocenters. The summed E-state index contributed by atoms with van der Waals surface area (Å²) in [6.45, 7) is 0.980. The Kier molecular flexibility index (Phi) is 4.18. The van der Waals surface area contributed by atoms with Crippen LogP contribution in [0.3, 0.4) is 0 Å². The molecule has 0 amide bonds. The van der Waals surface area contributed by atoms with Gasteiger partial charge in [0.15, 0.2) is 0 Å². The number of hydrogen-bond acceptors (Lipinski definition) is 4. The first-order valence-corrected chi connectivity index (χ1v) is 8.29. The van der Waals surface area contributed by atoms with Crippen molar-refractivity contribution < 1.29 is 13.9 Å². The maximum atomic E-state index is 13.6. The fraction of sp³-hybridized carbons (Fsp3) is 0.263. The Bertz CT molecular complexity index is 1050. The van der Waals surface area contributed by atoms with Crippen LogP contribution in [0.25, 0.3) is 10.9 Å². The summed E-state index contributed by atoms with van der Waals surface area (Å²) in [4.78, 5) is 28.0. The highest BCUT2D eigenvalue weighted by Gasteiger charge is 2.37. The molecule has 1 N–H and O–H groups in total. The van der Waals surface area contributed by atoms with Crippen molar-refractivity contribution in [1.29, 1.82) is 0 Å². The monoisotopic (exact) mass is 356 g/mol.